The van der Waals surface area contributed by atoms with Crippen molar-refractivity contribution in [1.82, 2.24) is 9.78 Å². The summed E-state index contributed by atoms with van der Waals surface area (Å²) < 4.78 is 1.59. The van der Waals surface area contributed by atoms with E-state index in [1.807, 2.05) is 49.4 Å². The standard InChI is InChI=1S/C21H20ClN3O/c1-15-18(21(22)25(2)24-15)12-13-20(26)23-19-11-7-6-10-17(19)14-16-8-4-3-5-9-16/h3-13H,14H2,1-2H3,(H,23,26)/b13-12+. The Morgan fingerprint density at radius 1 is 1.15 bits per heavy atom. The first-order valence-corrected chi connectivity index (χ1v) is 8.72. The minimum atomic E-state index is -0.204. The first-order chi connectivity index (χ1) is 12.5. The summed E-state index contributed by atoms with van der Waals surface area (Å²) in [4.78, 5) is 12.4. The molecule has 0 atom stereocenters. The molecule has 26 heavy (non-hydrogen) atoms. The van der Waals surface area contributed by atoms with Crippen molar-refractivity contribution < 1.29 is 4.79 Å². The number of nitrogens with zero attached hydrogens (tertiary/aromatic N) is 2. The fourth-order valence-corrected chi connectivity index (χ4v) is 3.02. The maximum Gasteiger partial charge on any atom is 0.248 e. The average molecular weight is 366 g/mol. The number of anilines is 1. The molecule has 2 aromatic carbocycles. The predicted molar refractivity (Wildman–Crippen MR) is 106 cm³/mol. The Balaban J connectivity index is 1.74. The highest BCUT2D eigenvalue weighted by atomic mass is 35.5. The summed E-state index contributed by atoms with van der Waals surface area (Å²) in [7, 11) is 1.77. The Kier molecular flexibility index (Phi) is 5.54. The first-order valence-electron chi connectivity index (χ1n) is 8.34. The summed E-state index contributed by atoms with van der Waals surface area (Å²) in [6.45, 7) is 1.86. The van der Waals surface area contributed by atoms with E-state index in [0.29, 0.717) is 5.15 Å². The number of carbonyl (C=O) groups excluding carboxylic acids is 1. The number of rotatable bonds is 5. The zero-order valence-electron chi connectivity index (χ0n) is 14.7. The molecular formula is C21H20ClN3O. The topological polar surface area (TPSA) is 46.9 Å². The molecule has 1 amide bonds. The Morgan fingerprint density at radius 3 is 2.54 bits per heavy atom. The molecular weight excluding hydrogens is 346 g/mol. The number of halogens is 1. The van der Waals surface area contributed by atoms with Gasteiger partial charge in [0.25, 0.3) is 0 Å². The lowest BCUT2D eigenvalue weighted by Gasteiger charge is -2.10. The van der Waals surface area contributed by atoms with E-state index in [0.717, 1.165) is 28.9 Å². The molecule has 1 heterocycles. The number of nitrogens with one attached hydrogen (secondary N) is 1. The average Bonchev–Trinajstić information content (AvgIpc) is 2.88. The number of amides is 1. The highest BCUT2D eigenvalue weighted by Crippen LogP contribution is 2.21. The molecule has 1 aromatic heterocycles. The van der Waals surface area contributed by atoms with Crippen LogP contribution < -0.4 is 5.32 Å². The molecule has 1 N–H and O–H groups in total. The summed E-state index contributed by atoms with van der Waals surface area (Å²) in [5.41, 5.74) is 4.60. The lowest BCUT2D eigenvalue weighted by Crippen LogP contribution is -2.10. The van der Waals surface area contributed by atoms with Crippen LogP contribution in [0.1, 0.15) is 22.4 Å². The molecule has 0 spiro atoms. The third kappa shape index (κ3) is 4.21. The van der Waals surface area contributed by atoms with Crippen molar-refractivity contribution >= 4 is 29.3 Å². The van der Waals surface area contributed by atoms with Gasteiger partial charge in [0.1, 0.15) is 5.15 Å². The molecule has 0 radical (unpaired) electrons. The van der Waals surface area contributed by atoms with Gasteiger partial charge in [-0.15, -0.1) is 0 Å². The molecule has 0 aliphatic carbocycles. The molecule has 0 bridgehead atoms. The molecule has 0 aliphatic heterocycles. The fraction of sp³-hybridized carbons (Fsp3) is 0.143. The van der Waals surface area contributed by atoms with Crippen LogP contribution in [0.2, 0.25) is 5.15 Å². The van der Waals surface area contributed by atoms with Crippen molar-refractivity contribution in [2.75, 3.05) is 5.32 Å². The molecule has 0 unspecified atom stereocenters. The number of hydrogen-bond donors (Lipinski definition) is 1. The van der Waals surface area contributed by atoms with E-state index in [9.17, 15) is 4.79 Å². The normalized spacial score (nSPS) is 11.0. The van der Waals surface area contributed by atoms with Crippen LogP contribution in [-0.2, 0) is 18.3 Å². The highest BCUT2D eigenvalue weighted by Gasteiger charge is 2.09. The zero-order chi connectivity index (χ0) is 18.5. The van der Waals surface area contributed by atoms with Crippen LogP contribution in [-0.4, -0.2) is 15.7 Å². The van der Waals surface area contributed by atoms with Crippen LogP contribution >= 0.6 is 11.6 Å². The quantitative estimate of drug-likeness (QED) is 0.670. The molecule has 5 heteroatoms. The van der Waals surface area contributed by atoms with Crippen molar-refractivity contribution in [3.63, 3.8) is 0 Å². The molecule has 3 rings (SSSR count). The Hall–Kier alpha value is -2.85. The predicted octanol–water partition coefficient (Wildman–Crippen LogP) is 4.62. The minimum Gasteiger partial charge on any atom is -0.322 e. The van der Waals surface area contributed by atoms with Gasteiger partial charge in [-0.2, -0.15) is 5.10 Å². The number of aryl methyl sites for hydroxylation is 2. The van der Waals surface area contributed by atoms with E-state index < -0.39 is 0 Å². The summed E-state index contributed by atoms with van der Waals surface area (Å²) in [5.74, 6) is -0.204. The fourth-order valence-electron chi connectivity index (χ4n) is 2.78. The minimum absolute atomic E-state index is 0.204. The maximum absolute atomic E-state index is 12.4. The van der Waals surface area contributed by atoms with Crippen LogP contribution in [0, 0.1) is 6.92 Å². The van der Waals surface area contributed by atoms with Gasteiger partial charge in [0.15, 0.2) is 0 Å². The van der Waals surface area contributed by atoms with E-state index >= 15 is 0 Å². The molecule has 3 aromatic rings. The van der Waals surface area contributed by atoms with Gasteiger partial charge >= 0.3 is 0 Å². The van der Waals surface area contributed by atoms with E-state index in [2.05, 4.69) is 22.5 Å². The summed E-state index contributed by atoms with van der Waals surface area (Å²) >= 11 is 6.19. The van der Waals surface area contributed by atoms with Crippen LogP contribution in [0.3, 0.4) is 0 Å². The van der Waals surface area contributed by atoms with E-state index in [1.165, 1.54) is 11.6 Å². The van der Waals surface area contributed by atoms with Gasteiger partial charge in [0.2, 0.25) is 5.91 Å². The second kappa shape index (κ2) is 8.02. The second-order valence-corrected chi connectivity index (χ2v) is 6.41. The van der Waals surface area contributed by atoms with E-state index in [1.54, 1.807) is 17.8 Å². The monoisotopic (exact) mass is 365 g/mol. The molecule has 0 fully saturated rings. The van der Waals surface area contributed by atoms with Gasteiger partial charge in [-0.25, -0.2) is 0 Å². The second-order valence-electron chi connectivity index (χ2n) is 6.06. The Labute approximate surface area is 158 Å². The van der Waals surface area contributed by atoms with Gasteiger partial charge in [0, 0.05) is 24.4 Å². The molecule has 4 nitrogen and oxygen atoms in total. The van der Waals surface area contributed by atoms with Gasteiger partial charge in [-0.1, -0.05) is 60.1 Å². The lowest BCUT2D eigenvalue weighted by atomic mass is 10.0. The van der Waals surface area contributed by atoms with E-state index in [4.69, 9.17) is 11.6 Å². The number of benzene rings is 2. The number of aromatic nitrogens is 2. The van der Waals surface area contributed by atoms with E-state index in [-0.39, 0.29) is 5.91 Å². The molecule has 0 saturated carbocycles. The Morgan fingerprint density at radius 2 is 1.85 bits per heavy atom. The van der Waals surface area contributed by atoms with Crippen LogP contribution in [0.25, 0.3) is 6.08 Å². The van der Waals surface area contributed by atoms with Crippen LogP contribution in [0.4, 0.5) is 5.69 Å². The first kappa shape index (κ1) is 18.0. The van der Waals surface area contributed by atoms with Crippen molar-refractivity contribution in [1.29, 1.82) is 0 Å². The maximum atomic E-state index is 12.4. The van der Waals surface area contributed by atoms with Crippen LogP contribution in [0.5, 0.6) is 0 Å². The molecule has 132 valence electrons. The lowest BCUT2D eigenvalue weighted by molar-refractivity contribution is -0.111. The summed E-state index contributed by atoms with van der Waals surface area (Å²) in [5, 5.41) is 7.70. The summed E-state index contributed by atoms with van der Waals surface area (Å²) in [6.07, 6.45) is 3.93. The smallest absolute Gasteiger partial charge is 0.248 e. The van der Waals surface area contributed by atoms with Crippen molar-refractivity contribution in [3.8, 4) is 0 Å². The molecule has 0 saturated heterocycles. The molecule has 0 aliphatic rings. The van der Waals surface area contributed by atoms with Crippen LogP contribution in [0.15, 0.2) is 60.7 Å². The third-order valence-corrected chi connectivity index (χ3v) is 4.56. The SMILES string of the molecule is Cc1nn(C)c(Cl)c1/C=C/C(=O)Nc1ccccc1Cc1ccccc1. The van der Waals surface area contributed by atoms with Gasteiger partial charge in [-0.05, 0) is 36.6 Å². The summed E-state index contributed by atoms with van der Waals surface area (Å²) in [6, 6.07) is 18.0. The Bertz CT molecular complexity index is 945. The zero-order valence-corrected chi connectivity index (χ0v) is 15.5. The number of para-hydroxylation sites is 1. The van der Waals surface area contributed by atoms with Crippen molar-refractivity contribution in [2.24, 2.45) is 7.05 Å². The van der Waals surface area contributed by atoms with Crippen molar-refractivity contribution in [3.05, 3.63) is 88.2 Å². The van der Waals surface area contributed by atoms with Gasteiger partial charge in [-0.3, -0.25) is 9.48 Å². The van der Waals surface area contributed by atoms with Gasteiger partial charge < -0.3 is 5.32 Å². The largest absolute Gasteiger partial charge is 0.322 e. The third-order valence-electron chi connectivity index (χ3n) is 4.11. The van der Waals surface area contributed by atoms with Crippen molar-refractivity contribution in [2.45, 2.75) is 13.3 Å². The van der Waals surface area contributed by atoms with Gasteiger partial charge in [0.05, 0.1) is 5.69 Å². The number of hydrogen-bond acceptors (Lipinski definition) is 2. The number of carbonyl (C=O) groups is 1. The highest BCUT2D eigenvalue weighted by molar-refractivity contribution is 6.31.